The van der Waals surface area contributed by atoms with Crippen molar-refractivity contribution in [2.45, 2.75) is 11.8 Å². The molecule has 8 heteroatoms. The molecule has 22 heavy (non-hydrogen) atoms. The molecule has 0 aliphatic rings. The Labute approximate surface area is 132 Å². The van der Waals surface area contributed by atoms with Gasteiger partial charge in [0.15, 0.2) is 10.4 Å². The van der Waals surface area contributed by atoms with Crippen LogP contribution in [0.3, 0.4) is 0 Å². The second-order valence-electron chi connectivity index (χ2n) is 4.51. The van der Waals surface area contributed by atoms with Crippen LogP contribution in [-0.4, -0.2) is 23.7 Å². The molecule has 0 saturated heterocycles. The Kier molecular flexibility index (Phi) is 4.62. The highest BCUT2D eigenvalue weighted by atomic mass is 79.9. The summed E-state index contributed by atoms with van der Waals surface area (Å²) in [4.78, 5) is 11.8. The molecule has 0 saturated carbocycles. The Hall–Kier alpha value is -1.80. The Balaban J connectivity index is 2.20. The summed E-state index contributed by atoms with van der Waals surface area (Å²) >= 11 is 2.98. The first-order valence-corrected chi connectivity index (χ1v) is 6.91. The van der Waals surface area contributed by atoms with Gasteiger partial charge in [-0.05, 0) is 33.6 Å². The van der Waals surface area contributed by atoms with E-state index in [-0.39, 0.29) is 16.0 Å². The highest BCUT2D eigenvalue weighted by Gasteiger charge is 2.55. The molecule has 0 bridgehead atoms. The molecular weight excluding hydrogens is 367 g/mol. The summed E-state index contributed by atoms with van der Waals surface area (Å²) in [5.41, 5.74) is -3.54. The maximum atomic E-state index is 13.2. The van der Waals surface area contributed by atoms with Crippen LogP contribution in [0.4, 0.5) is 13.2 Å². The molecule has 2 rings (SSSR count). The van der Waals surface area contributed by atoms with Gasteiger partial charge in [0.2, 0.25) is 5.60 Å². The van der Waals surface area contributed by atoms with Crippen molar-refractivity contribution in [3.63, 3.8) is 0 Å². The molecule has 118 valence electrons. The van der Waals surface area contributed by atoms with Crippen LogP contribution in [-0.2, 0) is 5.60 Å². The highest BCUT2D eigenvalue weighted by Crippen LogP contribution is 2.38. The van der Waals surface area contributed by atoms with Gasteiger partial charge in [0, 0.05) is 0 Å². The van der Waals surface area contributed by atoms with Gasteiger partial charge in [0.1, 0.15) is 0 Å². The third-order valence-electron chi connectivity index (χ3n) is 3.02. The van der Waals surface area contributed by atoms with Crippen molar-refractivity contribution in [2.75, 3.05) is 6.54 Å². The summed E-state index contributed by atoms with van der Waals surface area (Å²) in [7, 11) is 0. The number of furan rings is 1. The van der Waals surface area contributed by atoms with Gasteiger partial charge in [-0.3, -0.25) is 4.79 Å². The predicted molar refractivity (Wildman–Crippen MR) is 75.1 cm³/mol. The minimum atomic E-state index is -4.95. The second-order valence-corrected chi connectivity index (χ2v) is 5.29. The first-order valence-electron chi connectivity index (χ1n) is 6.12. The highest BCUT2D eigenvalue weighted by molar-refractivity contribution is 9.10. The van der Waals surface area contributed by atoms with Crippen LogP contribution in [0.1, 0.15) is 16.1 Å². The lowest BCUT2D eigenvalue weighted by molar-refractivity contribution is -0.263. The number of carbonyl (C=O) groups excluding carboxylic acids is 1. The molecule has 1 heterocycles. The van der Waals surface area contributed by atoms with E-state index >= 15 is 0 Å². The standard InChI is InChI=1S/C14H11BrF3NO3/c15-11-7-6-10(22-11)12(20)19-8-13(21,14(16,17)18)9-4-2-1-3-5-9/h1-7,21H,8H2,(H,19,20)/t13-/m0/s1. The SMILES string of the molecule is O=C(NC[C@](O)(c1ccccc1)C(F)(F)F)c1ccc(Br)o1. The smallest absolute Gasteiger partial charge is 0.423 e. The summed E-state index contributed by atoms with van der Waals surface area (Å²) in [5, 5.41) is 12.1. The predicted octanol–water partition coefficient (Wildman–Crippen LogP) is 3.22. The van der Waals surface area contributed by atoms with E-state index in [1.807, 2.05) is 5.32 Å². The van der Waals surface area contributed by atoms with Gasteiger partial charge in [0.25, 0.3) is 5.91 Å². The van der Waals surface area contributed by atoms with Crippen LogP contribution in [0.25, 0.3) is 0 Å². The molecule has 4 nitrogen and oxygen atoms in total. The average molecular weight is 378 g/mol. The van der Waals surface area contributed by atoms with E-state index < -0.39 is 24.2 Å². The second kappa shape index (κ2) is 6.13. The molecule has 0 unspecified atom stereocenters. The number of aliphatic hydroxyl groups is 1. The number of carbonyl (C=O) groups is 1. The third kappa shape index (κ3) is 3.33. The van der Waals surface area contributed by atoms with Gasteiger partial charge < -0.3 is 14.8 Å². The van der Waals surface area contributed by atoms with E-state index in [9.17, 15) is 23.1 Å². The summed E-state index contributed by atoms with van der Waals surface area (Å²) in [5.74, 6) is -1.02. The number of halogens is 4. The van der Waals surface area contributed by atoms with Crippen LogP contribution in [0.2, 0.25) is 0 Å². The van der Waals surface area contributed by atoms with Crippen LogP contribution in [0.15, 0.2) is 51.6 Å². The lowest BCUT2D eigenvalue weighted by atomic mass is 9.93. The number of hydrogen-bond acceptors (Lipinski definition) is 3. The van der Waals surface area contributed by atoms with E-state index in [2.05, 4.69) is 15.9 Å². The minimum absolute atomic E-state index is 0.163. The van der Waals surface area contributed by atoms with Crippen LogP contribution in [0, 0.1) is 0 Å². The molecule has 0 aliphatic carbocycles. The monoisotopic (exact) mass is 377 g/mol. The van der Waals surface area contributed by atoms with Gasteiger partial charge in [-0.25, -0.2) is 0 Å². The van der Waals surface area contributed by atoms with Gasteiger partial charge in [-0.1, -0.05) is 30.3 Å². The minimum Gasteiger partial charge on any atom is -0.444 e. The summed E-state index contributed by atoms with van der Waals surface area (Å²) in [6, 6.07) is 9.29. The van der Waals surface area contributed by atoms with Crippen LogP contribution < -0.4 is 5.32 Å². The molecule has 2 N–H and O–H groups in total. The number of alkyl halides is 3. The largest absolute Gasteiger partial charge is 0.444 e. The van der Waals surface area contributed by atoms with Crippen molar-refractivity contribution in [1.82, 2.24) is 5.32 Å². The summed E-state index contributed by atoms with van der Waals surface area (Å²) in [6.45, 7) is -1.03. The van der Waals surface area contributed by atoms with Crippen molar-refractivity contribution < 1.29 is 27.5 Å². The Morgan fingerprint density at radius 1 is 1.18 bits per heavy atom. The zero-order valence-electron chi connectivity index (χ0n) is 11.0. The molecule has 0 radical (unpaired) electrons. The fourth-order valence-electron chi connectivity index (χ4n) is 1.81. The van der Waals surface area contributed by atoms with E-state index in [1.165, 1.54) is 30.3 Å². The molecule has 1 amide bonds. The van der Waals surface area contributed by atoms with Crippen molar-refractivity contribution in [2.24, 2.45) is 0 Å². The average Bonchev–Trinajstić information content (AvgIpc) is 2.91. The molecule has 0 spiro atoms. The summed E-state index contributed by atoms with van der Waals surface area (Å²) in [6.07, 6.45) is -4.95. The quantitative estimate of drug-likeness (QED) is 0.859. The van der Waals surface area contributed by atoms with Crippen LogP contribution >= 0.6 is 15.9 Å². The molecule has 1 aromatic heterocycles. The van der Waals surface area contributed by atoms with Crippen molar-refractivity contribution in [3.05, 3.63) is 58.5 Å². The lowest BCUT2D eigenvalue weighted by Crippen LogP contribution is -2.51. The first kappa shape index (κ1) is 16.6. The molecule has 0 fully saturated rings. The Morgan fingerprint density at radius 2 is 1.82 bits per heavy atom. The van der Waals surface area contributed by atoms with E-state index in [4.69, 9.17) is 4.42 Å². The molecular formula is C14H11BrF3NO3. The number of amides is 1. The third-order valence-corrected chi connectivity index (χ3v) is 3.45. The summed E-state index contributed by atoms with van der Waals surface area (Å²) < 4.78 is 44.9. The van der Waals surface area contributed by atoms with E-state index in [0.717, 1.165) is 12.1 Å². The van der Waals surface area contributed by atoms with Gasteiger partial charge in [-0.2, -0.15) is 13.2 Å². The van der Waals surface area contributed by atoms with Crippen molar-refractivity contribution in [3.8, 4) is 0 Å². The van der Waals surface area contributed by atoms with Crippen molar-refractivity contribution >= 4 is 21.8 Å². The number of hydrogen-bond donors (Lipinski definition) is 2. The first-order chi connectivity index (χ1) is 10.2. The van der Waals surface area contributed by atoms with Gasteiger partial charge in [-0.15, -0.1) is 0 Å². The Bertz CT molecular complexity index is 657. The number of rotatable bonds is 4. The maximum absolute atomic E-state index is 13.2. The normalized spacial score (nSPS) is 14.4. The van der Waals surface area contributed by atoms with Crippen molar-refractivity contribution in [1.29, 1.82) is 0 Å². The van der Waals surface area contributed by atoms with Crippen LogP contribution in [0.5, 0.6) is 0 Å². The maximum Gasteiger partial charge on any atom is 0.423 e. The van der Waals surface area contributed by atoms with E-state index in [0.29, 0.717) is 0 Å². The Morgan fingerprint density at radius 3 is 2.32 bits per heavy atom. The molecule has 2 aromatic rings. The fraction of sp³-hybridized carbons (Fsp3) is 0.214. The number of benzene rings is 1. The van der Waals surface area contributed by atoms with Gasteiger partial charge in [0.05, 0.1) is 6.54 Å². The number of nitrogens with one attached hydrogen (secondary N) is 1. The topological polar surface area (TPSA) is 62.5 Å². The molecule has 1 aromatic carbocycles. The van der Waals surface area contributed by atoms with Gasteiger partial charge >= 0.3 is 6.18 Å². The molecule has 0 aliphatic heterocycles. The zero-order chi connectivity index (χ0) is 16.4. The van der Waals surface area contributed by atoms with E-state index in [1.54, 1.807) is 0 Å². The fourth-order valence-corrected chi connectivity index (χ4v) is 2.12. The lowest BCUT2D eigenvalue weighted by Gasteiger charge is -2.31. The zero-order valence-corrected chi connectivity index (χ0v) is 12.6. The molecule has 1 atom stereocenters.